The number of sulfonamides is 1. The maximum absolute atomic E-state index is 15.2. The highest BCUT2D eigenvalue weighted by Crippen LogP contribution is 2.30. The van der Waals surface area contributed by atoms with Crippen molar-refractivity contribution in [3.8, 4) is 16.9 Å². The van der Waals surface area contributed by atoms with Crippen molar-refractivity contribution in [2.75, 3.05) is 23.7 Å². The zero-order valence-corrected chi connectivity index (χ0v) is 21.1. The summed E-state index contributed by atoms with van der Waals surface area (Å²) in [4.78, 5) is 20.4. The number of hydrogen-bond acceptors (Lipinski definition) is 7. The third-order valence-electron chi connectivity index (χ3n) is 5.67. The Balaban J connectivity index is 1.66. The number of aromatic amines is 1. The number of carbonyl (C=O) groups excluding carboxylic acids is 1. The molecule has 1 unspecified atom stereocenters. The topological polar surface area (TPSA) is 142 Å². The smallest absolute Gasteiger partial charge is 0.232 e. The molecule has 0 bridgehead atoms. The maximum atomic E-state index is 15.2. The van der Waals surface area contributed by atoms with E-state index in [9.17, 15) is 22.7 Å². The predicted molar refractivity (Wildman–Crippen MR) is 138 cm³/mol. The summed E-state index contributed by atoms with van der Waals surface area (Å²) in [5, 5.41) is 18.6. The van der Waals surface area contributed by atoms with Gasteiger partial charge in [-0.2, -0.15) is 0 Å². The maximum Gasteiger partial charge on any atom is 0.232 e. The summed E-state index contributed by atoms with van der Waals surface area (Å²) in [5.74, 6) is -3.22. The first-order chi connectivity index (χ1) is 18.1. The van der Waals surface area contributed by atoms with Gasteiger partial charge in [0.25, 0.3) is 0 Å². The van der Waals surface area contributed by atoms with Gasteiger partial charge in [0.15, 0.2) is 5.82 Å². The van der Waals surface area contributed by atoms with Crippen LogP contribution < -0.4 is 9.46 Å². The van der Waals surface area contributed by atoms with Crippen LogP contribution in [0, 0.1) is 11.6 Å². The highest BCUT2D eigenvalue weighted by atomic mass is 32.2. The summed E-state index contributed by atoms with van der Waals surface area (Å²) < 4.78 is 61.5. The largest absolute Gasteiger partial charge is 0.491 e. The van der Waals surface area contributed by atoms with Gasteiger partial charge in [-0.1, -0.05) is 19.1 Å². The van der Waals surface area contributed by atoms with Gasteiger partial charge in [-0.3, -0.25) is 9.52 Å². The van der Waals surface area contributed by atoms with Crippen molar-refractivity contribution in [2.45, 2.75) is 19.4 Å². The number of fused-ring (bicyclic) bond motifs is 1. The Labute approximate surface area is 217 Å². The van der Waals surface area contributed by atoms with Gasteiger partial charge < -0.3 is 19.9 Å². The Hall–Kier alpha value is -3.87. The number of ketones is 1. The molecule has 200 valence electrons. The van der Waals surface area contributed by atoms with E-state index in [1.54, 1.807) is 43.5 Å². The number of rotatable bonds is 11. The summed E-state index contributed by atoms with van der Waals surface area (Å²) in [5.41, 5.74) is 0.179. The van der Waals surface area contributed by atoms with Crippen LogP contribution in [-0.2, 0) is 10.0 Å². The molecule has 0 fully saturated rings. The first-order valence-electron chi connectivity index (χ1n) is 11.7. The van der Waals surface area contributed by atoms with E-state index in [1.165, 1.54) is 6.20 Å². The van der Waals surface area contributed by atoms with Crippen LogP contribution in [-0.4, -0.2) is 59.5 Å². The zero-order valence-electron chi connectivity index (χ0n) is 20.2. The number of pyridine rings is 1. The fourth-order valence-corrected chi connectivity index (χ4v) is 4.93. The summed E-state index contributed by atoms with van der Waals surface area (Å²) in [6, 6.07) is 10.2. The lowest BCUT2D eigenvalue weighted by Crippen LogP contribution is -2.21. The number of H-pyrrole nitrogens is 1. The number of hydrogen-bond donors (Lipinski definition) is 4. The highest BCUT2D eigenvalue weighted by molar-refractivity contribution is 7.92. The second-order valence-corrected chi connectivity index (χ2v) is 10.4. The van der Waals surface area contributed by atoms with E-state index in [-0.39, 0.29) is 24.3 Å². The van der Waals surface area contributed by atoms with E-state index < -0.39 is 51.4 Å². The predicted octanol–water partition coefficient (Wildman–Crippen LogP) is 3.62. The van der Waals surface area contributed by atoms with Crippen LogP contribution in [0.1, 0.15) is 29.3 Å². The minimum atomic E-state index is -3.87. The molecule has 0 saturated heterocycles. The van der Waals surface area contributed by atoms with Crippen LogP contribution in [0.15, 0.2) is 54.9 Å². The number of anilines is 1. The molecule has 0 amide bonds. The number of aliphatic hydroxyl groups is 2. The average Bonchev–Trinajstić information content (AvgIpc) is 3.32. The first-order valence-corrected chi connectivity index (χ1v) is 13.3. The van der Waals surface area contributed by atoms with Gasteiger partial charge in [0, 0.05) is 28.9 Å². The second kappa shape index (κ2) is 11.3. The summed E-state index contributed by atoms with van der Waals surface area (Å²) in [6.07, 6.45) is 2.14. The lowest BCUT2D eigenvalue weighted by atomic mass is 10.00. The molecule has 2 aromatic carbocycles. The Morgan fingerprint density at radius 2 is 1.89 bits per heavy atom. The van der Waals surface area contributed by atoms with Gasteiger partial charge >= 0.3 is 0 Å². The lowest BCUT2D eigenvalue weighted by molar-refractivity contribution is 0.0536. The van der Waals surface area contributed by atoms with Crippen LogP contribution in [0.3, 0.4) is 0 Å². The minimum Gasteiger partial charge on any atom is -0.491 e. The van der Waals surface area contributed by atoms with Gasteiger partial charge in [-0.15, -0.1) is 0 Å². The van der Waals surface area contributed by atoms with Crippen molar-refractivity contribution in [3.63, 3.8) is 0 Å². The number of aromatic nitrogens is 2. The molecule has 0 saturated carbocycles. The summed E-state index contributed by atoms with van der Waals surface area (Å²) >= 11 is 0. The van der Waals surface area contributed by atoms with Crippen molar-refractivity contribution in [1.82, 2.24) is 9.97 Å². The number of nitrogens with one attached hydrogen (secondary N) is 2. The van der Waals surface area contributed by atoms with Gasteiger partial charge in [0.2, 0.25) is 15.8 Å². The molecule has 0 aliphatic rings. The molecule has 4 N–H and O–H groups in total. The van der Waals surface area contributed by atoms with Gasteiger partial charge in [0.1, 0.15) is 29.9 Å². The fourth-order valence-electron chi connectivity index (χ4n) is 3.80. The molecule has 0 aliphatic carbocycles. The van der Waals surface area contributed by atoms with E-state index in [2.05, 4.69) is 14.7 Å². The zero-order chi connectivity index (χ0) is 27.4. The molecule has 2 aromatic heterocycles. The van der Waals surface area contributed by atoms with Gasteiger partial charge in [-0.05, 0) is 42.3 Å². The molecule has 0 aliphatic heterocycles. The normalized spacial score (nSPS) is 12.4. The standard InChI is InChI=1S/C26H25F2N3O6S/c1-2-9-38(35,36)31-22-8-7-21(27)23(24(22)28)25(34)20-12-30-26-19(20)10-16(11-29-26)15-3-5-18(6-4-15)37-14-17(33)13-32/h3-8,10-12,17,31-33H,2,9,13-14H2,1H3,(H,29,30). The molecule has 0 radical (unpaired) electrons. The van der Waals surface area contributed by atoms with Gasteiger partial charge in [0.05, 0.1) is 23.6 Å². The van der Waals surface area contributed by atoms with E-state index in [0.29, 0.717) is 27.9 Å². The van der Waals surface area contributed by atoms with Crippen LogP contribution in [0.2, 0.25) is 0 Å². The van der Waals surface area contributed by atoms with Crippen LogP contribution in [0.4, 0.5) is 14.5 Å². The van der Waals surface area contributed by atoms with E-state index in [4.69, 9.17) is 9.84 Å². The Bertz CT molecular complexity index is 1570. The number of benzene rings is 2. The highest BCUT2D eigenvalue weighted by Gasteiger charge is 2.26. The van der Waals surface area contributed by atoms with Crippen LogP contribution in [0.5, 0.6) is 5.75 Å². The van der Waals surface area contributed by atoms with E-state index >= 15 is 4.39 Å². The van der Waals surface area contributed by atoms with Crippen molar-refractivity contribution >= 4 is 32.5 Å². The fraction of sp³-hybridized carbons (Fsp3) is 0.231. The molecule has 12 heteroatoms. The summed E-state index contributed by atoms with van der Waals surface area (Å²) in [6.45, 7) is 1.14. The molecule has 9 nitrogen and oxygen atoms in total. The van der Waals surface area contributed by atoms with Gasteiger partial charge in [-0.25, -0.2) is 22.2 Å². The SMILES string of the molecule is CCCS(=O)(=O)Nc1ccc(F)c(C(=O)c2c[nH]c3ncc(-c4ccc(OCC(O)CO)cc4)cc23)c1F. The third kappa shape index (κ3) is 5.82. The molecule has 1 atom stereocenters. The first kappa shape index (κ1) is 27.2. The van der Waals surface area contributed by atoms with Crippen molar-refractivity contribution < 1.29 is 36.9 Å². The Morgan fingerprint density at radius 3 is 2.58 bits per heavy atom. The molecule has 2 heterocycles. The van der Waals surface area contributed by atoms with Crippen molar-refractivity contribution in [1.29, 1.82) is 0 Å². The molecular formula is C26H25F2N3O6S. The summed E-state index contributed by atoms with van der Waals surface area (Å²) in [7, 11) is -3.87. The number of halogens is 2. The molecule has 4 aromatic rings. The average molecular weight is 546 g/mol. The van der Waals surface area contributed by atoms with Crippen molar-refractivity contribution in [3.05, 3.63) is 77.6 Å². The van der Waals surface area contributed by atoms with E-state index in [0.717, 1.165) is 12.1 Å². The number of nitrogens with zero attached hydrogens (tertiary/aromatic N) is 1. The molecule has 38 heavy (non-hydrogen) atoms. The quantitative estimate of drug-likeness (QED) is 0.211. The number of carbonyl (C=O) groups is 1. The lowest BCUT2D eigenvalue weighted by Gasteiger charge is -2.11. The molecule has 4 rings (SSSR count). The van der Waals surface area contributed by atoms with Crippen molar-refractivity contribution in [2.24, 2.45) is 0 Å². The Kier molecular flexibility index (Phi) is 8.05. The van der Waals surface area contributed by atoms with E-state index in [1.807, 2.05) is 0 Å². The Morgan fingerprint density at radius 1 is 1.16 bits per heavy atom. The monoisotopic (exact) mass is 545 g/mol. The van der Waals surface area contributed by atoms with Crippen LogP contribution in [0.25, 0.3) is 22.2 Å². The molecule has 0 spiro atoms. The number of aliphatic hydroxyl groups excluding tert-OH is 2. The second-order valence-electron chi connectivity index (χ2n) is 8.53. The molecular weight excluding hydrogens is 520 g/mol. The van der Waals surface area contributed by atoms with Crippen LogP contribution >= 0.6 is 0 Å². The number of ether oxygens (including phenoxy) is 1. The third-order valence-corrected chi connectivity index (χ3v) is 7.15. The minimum absolute atomic E-state index is 0.0429.